The van der Waals surface area contributed by atoms with Gasteiger partial charge in [-0.05, 0) is 6.26 Å². The molecule has 0 aliphatic carbocycles. The molecule has 0 amide bonds. The summed E-state index contributed by atoms with van der Waals surface area (Å²) >= 11 is 1.20. The summed E-state index contributed by atoms with van der Waals surface area (Å²) in [6.07, 6.45) is -2.89. The van der Waals surface area contributed by atoms with Crippen LogP contribution >= 0.6 is 34.9 Å². The molecule has 2 aromatic heterocycles. The number of nitrogen functional groups attached to an aromatic ring is 1. The topological polar surface area (TPSA) is 259 Å². The molecule has 2 radical (unpaired) electrons. The Balaban J connectivity index is 1.73. The summed E-state index contributed by atoms with van der Waals surface area (Å²) in [7, 11) is -10.9. The van der Waals surface area contributed by atoms with Crippen LogP contribution in [0.25, 0.3) is 11.2 Å². The minimum Gasteiger partial charge on any atom is -0.387 e. The predicted octanol–water partition coefficient (Wildman–Crippen LogP) is -0.731. The van der Waals surface area contributed by atoms with E-state index in [1.807, 2.05) is 0 Å². The number of ether oxygens (including phenoxy) is 1. The molecule has 182 valence electrons. The molecule has 22 heteroatoms. The van der Waals surface area contributed by atoms with Crippen LogP contribution in [0.2, 0.25) is 0 Å². The first kappa shape index (κ1) is 26.7. The van der Waals surface area contributed by atoms with Crippen LogP contribution in [-0.2, 0) is 31.6 Å². The van der Waals surface area contributed by atoms with Gasteiger partial charge in [0.15, 0.2) is 22.8 Å². The lowest BCUT2D eigenvalue weighted by molar-refractivity contribution is -0.0479. The van der Waals surface area contributed by atoms with Crippen molar-refractivity contribution in [3.05, 3.63) is 6.33 Å². The van der Waals surface area contributed by atoms with Crippen LogP contribution in [0.3, 0.4) is 0 Å². The van der Waals surface area contributed by atoms with Crippen molar-refractivity contribution >= 4 is 59.4 Å². The van der Waals surface area contributed by atoms with Gasteiger partial charge in [0.1, 0.15) is 23.8 Å². The number of anilines is 1. The second-order valence-corrected chi connectivity index (χ2v) is 11.8. The normalized spacial score (nSPS) is 27.5. The van der Waals surface area contributed by atoms with Crippen LogP contribution in [0.1, 0.15) is 6.23 Å². The van der Waals surface area contributed by atoms with E-state index in [9.17, 15) is 28.8 Å². The third kappa shape index (κ3) is 6.41. The summed E-state index contributed by atoms with van der Waals surface area (Å²) < 4.78 is 53.2. The van der Waals surface area contributed by atoms with Crippen LogP contribution in [0.15, 0.2) is 11.5 Å². The van der Waals surface area contributed by atoms with Crippen LogP contribution in [0.4, 0.5) is 5.82 Å². The van der Waals surface area contributed by atoms with Gasteiger partial charge in [0, 0.05) is 0 Å². The Morgan fingerprint density at radius 2 is 1.88 bits per heavy atom. The minimum atomic E-state index is -5.59. The first-order valence-electron chi connectivity index (χ1n) is 8.52. The van der Waals surface area contributed by atoms with E-state index in [-0.39, 0.29) is 17.0 Å². The highest BCUT2D eigenvalue weighted by Crippen LogP contribution is 2.66. The predicted molar refractivity (Wildman–Crippen MR) is 111 cm³/mol. The van der Waals surface area contributed by atoms with Gasteiger partial charge in [0.05, 0.1) is 12.9 Å². The molecule has 0 bridgehead atoms. The van der Waals surface area contributed by atoms with Gasteiger partial charge < -0.3 is 39.9 Å². The van der Waals surface area contributed by atoms with Crippen molar-refractivity contribution in [2.24, 2.45) is 0 Å². The fourth-order valence-corrected chi connectivity index (χ4v) is 6.31. The fourth-order valence-electron chi connectivity index (χ4n) is 2.79. The van der Waals surface area contributed by atoms with Gasteiger partial charge in [0.2, 0.25) is 7.57 Å². The number of phosphoric acid groups is 2. The highest BCUT2D eigenvalue weighted by atomic mass is 32.2. The summed E-state index contributed by atoms with van der Waals surface area (Å²) in [4.78, 5) is 38.7. The zero-order chi connectivity index (χ0) is 24.8. The number of hydrogen-bond donors (Lipinski definition) is 6. The number of nitrogens with two attached hydrogens (primary N) is 1. The van der Waals surface area contributed by atoms with Gasteiger partial charge in [-0.25, -0.2) is 28.4 Å². The fraction of sp³-hybridized carbons (Fsp3) is 0.545. The molecule has 7 N–H and O–H groups in total. The monoisotopic (exact) mass is 547 g/mol. The molecule has 0 saturated carbocycles. The number of hydrogen-bond acceptors (Lipinski definition) is 14. The lowest BCUT2D eigenvalue weighted by Crippen LogP contribution is -2.33. The third-order valence-corrected chi connectivity index (χ3v) is 8.54. The molecule has 3 heterocycles. The molecule has 1 aliphatic rings. The van der Waals surface area contributed by atoms with Crippen molar-refractivity contribution in [1.29, 1.82) is 0 Å². The van der Waals surface area contributed by atoms with Crippen LogP contribution in [0.5, 0.6) is 0 Å². The maximum atomic E-state index is 12.1. The second-order valence-electron chi connectivity index (χ2n) is 6.42. The van der Waals surface area contributed by atoms with Gasteiger partial charge in [-0.2, -0.15) is 4.31 Å². The first-order valence-corrected chi connectivity index (χ1v) is 14.4. The molecule has 2 aromatic rings. The van der Waals surface area contributed by atoms with Crippen molar-refractivity contribution in [3.8, 4) is 0 Å². The average Bonchev–Trinajstić information content (AvgIpc) is 3.19. The number of rotatable bonds is 9. The number of nitrogens with zero attached hydrogens (tertiary/aromatic N) is 4. The molecule has 0 spiro atoms. The van der Waals surface area contributed by atoms with E-state index in [4.69, 9.17) is 27.8 Å². The molecule has 1 unspecified atom stereocenters. The quantitative estimate of drug-likeness (QED) is 0.0978. The van der Waals surface area contributed by atoms with Crippen molar-refractivity contribution in [2.75, 3.05) is 18.6 Å². The van der Waals surface area contributed by atoms with E-state index in [0.29, 0.717) is 5.16 Å². The first-order chi connectivity index (χ1) is 15.1. The Morgan fingerprint density at radius 1 is 1.21 bits per heavy atom. The number of fused-ring (bicyclic) bond motifs is 1. The van der Waals surface area contributed by atoms with Crippen LogP contribution in [0, 0.1) is 0 Å². The summed E-state index contributed by atoms with van der Waals surface area (Å²) in [6, 6.07) is 0. The maximum Gasteiger partial charge on any atom is 0.487 e. The molecule has 17 nitrogen and oxygen atoms in total. The zero-order valence-electron chi connectivity index (χ0n) is 16.4. The number of thioether (sulfide) groups is 1. The Labute approximate surface area is 190 Å². The Hall–Kier alpha value is -0.905. The molecule has 6 atom stereocenters. The zero-order valence-corrected chi connectivity index (χ0v) is 19.9. The van der Waals surface area contributed by atoms with Crippen molar-refractivity contribution in [1.82, 2.24) is 19.5 Å². The molecular formula is C11H17BN5O12P3S. The average molecular weight is 547 g/mol. The van der Waals surface area contributed by atoms with E-state index in [1.54, 1.807) is 6.26 Å². The summed E-state index contributed by atoms with van der Waals surface area (Å²) in [6.45, 7) is -0.835. The molecule has 1 fully saturated rings. The SMILES string of the molecule is [B][P@@](=O)(OC[C@H]1O[C@@H](n2cnc3c(N)nc(SC)nc32)[C@H](O)[C@@H]1O)OP(=O)(O)OP(=O)(O)O. The number of aliphatic hydroxyl groups excluding tert-OH is 2. The standard InChI is InChI=1S/C11H17BN5O12P3S/c1-33-11-15-8(13)5-9(16-11)17(3-14-5)10-7(19)6(18)4(27-10)2-26-30(12,20)28-32(24,25)29-31(21,22)23/h3-4,6-7,10,18-19H,2H2,1H3,(H,24,25)(H2,13,15,16)(H2,21,22,23)/t4-,6-,7-,10-,30-/m1/s1. The highest BCUT2D eigenvalue weighted by Gasteiger charge is 2.46. The smallest absolute Gasteiger partial charge is 0.387 e. The van der Waals surface area contributed by atoms with Gasteiger partial charge in [0.25, 0.3) is 7.47 Å². The summed E-state index contributed by atoms with van der Waals surface area (Å²) in [5.74, 6) is 0.0724. The van der Waals surface area contributed by atoms with E-state index < -0.39 is 54.3 Å². The van der Waals surface area contributed by atoms with Crippen molar-refractivity contribution < 1.29 is 56.5 Å². The number of aliphatic hydroxyl groups is 2. The molecule has 0 aromatic carbocycles. The molecule has 1 aliphatic heterocycles. The van der Waals surface area contributed by atoms with Gasteiger partial charge in [-0.1, -0.05) is 11.8 Å². The van der Waals surface area contributed by atoms with Gasteiger partial charge >= 0.3 is 15.6 Å². The highest BCUT2D eigenvalue weighted by molar-refractivity contribution is 7.98. The Morgan fingerprint density at radius 3 is 2.48 bits per heavy atom. The molecule has 3 rings (SSSR count). The van der Waals surface area contributed by atoms with Crippen LogP contribution < -0.4 is 5.73 Å². The van der Waals surface area contributed by atoms with Crippen LogP contribution in [-0.4, -0.2) is 83.2 Å². The third-order valence-electron chi connectivity index (χ3n) is 4.07. The Bertz CT molecular complexity index is 1180. The molecule has 1 saturated heterocycles. The molecule has 33 heavy (non-hydrogen) atoms. The maximum absolute atomic E-state index is 12.1. The lowest BCUT2D eigenvalue weighted by atomic mass is 10.1. The number of imidazole rings is 1. The van der Waals surface area contributed by atoms with Gasteiger partial charge in [-0.3, -0.25) is 9.13 Å². The van der Waals surface area contributed by atoms with E-state index >= 15 is 0 Å². The van der Waals surface area contributed by atoms with Crippen molar-refractivity contribution in [2.45, 2.75) is 29.7 Å². The number of aromatic nitrogens is 4. The van der Waals surface area contributed by atoms with E-state index in [1.165, 1.54) is 22.7 Å². The largest absolute Gasteiger partial charge is 0.487 e. The van der Waals surface area contributed by atoms with Crippen molar-refractivity contribution in [3.63, 3.8) is 0 Å². The minimum absolute atomic E-state index is 0.0724. The molecular weight excluding hydrogens is 530 g/mol. The van der Waals surface area contributed by atoms with E-state index in [2.05, 4.69) is 28.1 Å². The summed E-state index contributed by atoms with van der Waals surface area (Å²) in [5, 5.41) is 21.0. The second kappa shape index (κ2) is 9.62. The Kier molecular flexibility index (Phi) is 7.79. The lowest BCUT2D eigenvalue weighted by Gasteiger charge is -2.21. The summed E-state index contributed by atoms with van der Waals surface area (Å²) in [5.41, 5.74) is 6.24. The van der Waals surface area contributed by atoms with Gasteiger partial charge in [-0.15, -0.1) is 0 Å². The van der Waals surface area contributed by atoms with E-state index in [0.717, 1.165) is 0 Å².